The van der Waals surface area contributed by atoms with Crippen molar-refractivity contribution in [1.29, 1.82) is 0 Å². The van der Waals surface area contributed by atoms with E-state index in [0.717, 1.165) is 36.5 Å². The van der Waals surface area contributed by atoms with E-state index >= 15 is 0 Å². The van der Waals surface area contributed by atoms with E-state index in [0.29, 0.717) is 5.13 Å². The van der Waals surface area contributed by atoms with Gasteiger partial charge >= 0.3 is 0 Å². The van der Waals surface area contributed by atoms with E-state index in [2.05, 4.69) is 15.2 Å². The first-order valence-electron chi connectivity index (χ1n) is 8.41. The molecule has 26 heavy (non-hydrogen) atoms. The van der Waals surface area contributed by atoms with Gasteiger partial charge in [0.05, 0.1) is 5.69 Å². The van der Waals surface area contributed by atoms with Crippen molar-refractivity contribution in [2.75, 3.05) is 18.4 Å². The second-order valence-electron chi connectivity index (χ2n) is 6.36. The van der Waals surface area contributed by atoms with Gasteiger partial charge in [0.15, 0.2) is 5.13 Å². The van der Waals surface area contributed by atoms with Gasteiger partial charge in [-0.15, -0.1) is 36.2 Å². The van der Waals surface area contributed by atoms with Gasteiger partial charge in [-0.25, -0.2) is 4.98 Å². The van der Waals surface area contributed by atoms with Crippen LogP contribution in [0.2, 0.25) is 0 Å². The molecule has 0 radical (unpaired) electrons. The summed E-state index contributed by atoms with van der Waals surface area (Å²) in [6.07, 6.45) is 3.85. The second-order valence-corrected chi connectivity index (χ2v) is 7.22. The van der Waals surface area contributed by atoms with E-state index < -0.39 is 6.04 Å². The Morgan fingerprint density at radius 3 is 2.54 bits per heavy atom. The van der Waals surface area contributed by atoms with E-state index in [4.69, 9.17) is 5.73 Å². The highest BCUT2D eigenvalue weighted by Crippen LogP contribution is 2.20. The first-order chi connectivity index (χ1) is 11.6. The zero-order valence-electron chi connectivity index (χ0n) is 14.8. The van der Waals surface area contributed by atoms with Crippen molar-refractivity contribution in [3.05, 3.63) is 46.5 Å². The molecule has 1 amide bonds. The van der Waals surface area contributed by atoms with Crippen LogP contribution in [0.15, 0.2) is 29.6 Å². The first kappa shape index (κ1) is 22.9. The number of nitrogens with two attached hydrogens (primary N) is 1. The minimum absolute atomic E-state index is 0. The Balaban J connectivity index is 0.00000169. The highest BCUT2D eigenvalue weighted by Gasteiger charge is 2.18. The Morgan fingerprint density at radius 1 is 1.23 bits per heavy atom. The smallest absolute Gasteiger partial charge is 0.247 e. The summed E-state index contributed by atoms with van der Waals surface area (Å²) in [7, 11) is 0. The van der Waals surface area contributed by atoms with Gasteiger partial charge in [-0.05, 0) is 38.4 Å². The molecule has 1 aliphatic heterocycles. The summed E-state index contributed by atoms with van der Waals surface area (Å²) in [5, 5.41) is 5.47. The number of hydrogen-bond donors (Lipinski definition) is 2. The molecule has 2 heterocycles. The standard InChI is InChI=1S/C18H24N4OS.2ClH/c1-13-5-7-14(8-6-13)16(19)17(23)21-18-20-15(12-24-18)11-22-9-3-2-4-10-22;;/h5-8,12,16H,2-4,9-11,19H2,1H3,(H,20,21,23);2*1H. The minimum Gasteiger partial charge on any atom is -0.316 e. The summed E-state index contributed by atoms with van der Waals surface area (Å²) in [6.45, 7) is 5.14. The predicted octanol–water partition coefficient (Wildman–Crippen LogP) is 3.92. The van der Waals surface area contributed by atoms with Gasteiger partial charge < -0.3 is 11.1 Å². The van der Waals surface area contributed by atoms with Crippen molar-refractivity contribution in [3.8, 4) is 0 Å². The molecule has 0 bridgehead atoms. The van der Waals surface area contributed by atoms with E-state index in [-0.39, 0.29) is 30.7 Å². The molecule has 1 fully saturated rings. The largest absolute Gasteiger partial charge is 0.316 e. The molecule has 8 heteroatoms. The molecule has 1 saturated heterocycles. The zero-order chi connectivity index (χ0) is 16.9. The molecule has 1 unspecified atom stereocenters. The average Bonchev–Trinajstić information content (AvgIpc) is 3.02. The highest BCUT2D eigenvalue weighted by atomic mass is 35.5. The SMILES string of the molecule is Cc1ccc(C(N)C(=O)Nc2nc(CN3CCCCC3)cs2)cc1.Cl.Cl. The number of carbonyl (C=O) groups excluding carboxylic acids is 1. The summed E-state index contributed by atoms with van der Waals surface area (Å²) >= 11 is 1.46. The van der Waals surface area contributed by atoms with Gasteiger partial charge in [-0.3, -0.25) is 9.69 Å². The Bertz CT molecular complexity index is 687. The van der Waals surface area contributed by atoms with Crippen LogP contribution in [0.5, 0.6) is 0 Å². The fourth-order valence-electron chi connectivity index (χ4n) is 2.89. The van der Waals surface area contributed by atoms with Gasteiger partial charge in [-0.2, -0.15) is 0 Å². The van der Waals surface area contributed by atoms with Crippen molar-refractivity contribution in [1.82, 2.24) is 9.88 Å². The van der Waals surface area contributed by atoms with Crippen molar-refractivity contribution in [3.63, 3.8) is 0 Å². The highest BCUT2D eigenvalue weighted by molar-refractivity contribution is 7.13. The van der Waals surface area contributed by atoms with Crippen molar-refractivity contribution >= 4 is 47.2 Å². The predicted molar refractivity (Wildman–Crippen MR) is 112 cm³/mol. The number of nitrogens with zero attached hydrogens (tertiary/aromatic N) is 2. The molecule has 3 N–H and O–H groups in total. The lowest BCUT2D eigenvalue weighted by Crippen LogP contribution is -2.29. The summed E-state index contributed by atoms with van der Waals surface area (Å²) in [5.74, 6) is -0.224. The number of anilines is 1. The number of hydrogen-bond acceptors (Lipinski definition) is 5. The third-order valence-corrected chi connectivity index (χ3v) is 5.14. The van der Waals surface area contributed by atoms with E-state index in [1.54, 1.807) is 0 Å². The summed E-state index contributed by atoms with van der Waals surface area (Å²) < 4.78 is 0. The lowest BCUT2D eigenvalue weighted by atomic mass is 10.1. The molecule has 5 nitrogen and oxygen atoms in total. The quantitative estimate of drug-likeness (QED) is 0.774. The molecular formula is C18H26Cl2N4OS. The zero-order valence-corrected chi connectivity index (χ0v) is 17.3. The number of amides is 1. The molecule has 144 valence electrons. The number of aromatic nitrogens is 1. The molecule has 2 aromatic rings. The van der Waals surface area contributed by atoms with Gasteiger partial charge in [0.1, 0.15) is 6.04 Å². The Labute approximate surface area is 171 Å². The number of piperidine rings is 1. The average molecular weight is 417 g/mol. The Hall–Kier alpha value is -1.18. The number of thiazole rings is 1. The molecule has 0 aliphatic carbocycles. The van der Waals surface area contributed by atoms with Crippen molar-refractivity contribution in [2.24, 2.45) is 5.73 Å². The molecule has 1 aromatic heterocycles. The second kappa shape index (κ2) is 10.8. The number of rotatable bonds is 5. The number of benzene rings is 1. The van der Waals surface area contributed by atoms with Crippen LogP contribution in [0.25, 0.3) is 0 Å². The number of nitrogens with one attached hydrogen (secondary N) is 1. The molecule has 1 aliphatic rings. The van der Waals surface area contributed by atoms with Gasteiger partial charge in [-0.1, -0.05) is 36.2 Å². The maximum absolute atomic E-state index is 12.3. The first-order valence-corrected chi connectivity index (χ1v) is 9.29. The lowest BCUT2D eigenvalue weighted by molar-refractivity contribution is -0.117. The lowest BCUT2D eigenvalue weighted by Gasteiger charge is -2.25. The van der Waals surface area contributed by atoms with E-state index in [1.165, 1.54) is 30.6 Å². The maximum Gasteiger partial charge on any atom is 0.247 e. The number of halogens is 2. The topological polar surface area (TPSA) is 71.2 Å². The summed E-state index contributed by atoms with van der Waals surface area (Å²) in [4.78, 5) is 19.3. The summed E-state index contributed by atoms with van der Waals surface area (Å²) in [6, 6.07) is 7.03. The number of carbonyl (C=O) groups is 1. The molecule has 1 atom stereocenters. The normalized spacial score (nSPS) is 15.5. The third kappa shape index (κ3) is 6.21. The minimum atomic E-state index is -0.681. The van der Waals surface area contributed by atoms with Crippen LogP contribution in [-0.4, -0.2) is 28.9 Å². The number of aryl methyl sites for hydroxylation is 1. The van der Waals surface area contributed by atoms with Gasteiger partial charge in [0.2, 0.25) is 5.91 Å². The van der Waals surface area contributed by atoms with Gasteiger partial charge in [0, 0.05) is 11.9 Å². The van der Waals surface area contributed by atoms with Crippen molar-refractivity contribution < 1.29 is 4.79 Å². The Morgan fingerprint density at radius 2 is 1.88 bits per heavy atom. The molecule has 0 spiro atoms. The third-order valence-electron chi connectivity index (χ3n) is 4.34. The summed E-state index contributed by atoms with van der Waals surface area (Å²) in [5.41, 5.74) is 9.02. The van der Waals surface area contributed by atoms with Crippen LogP contribution >= 0.6 is 36.2 Å². The van der Waals surface area contributed by atoms with Crippen LogP contribution in [0.1, 0.15) is 42.1 Å². The molecular weight excluding hydrogens is 391 g/mol. The van der Waals surface area contributed by atoms with Crippen LogP contribution in [0.4, 0.5) is 5.13 Å². The van der Waals surface area contributed by atoms with Gasteiger partial charge in [0.25, 0.3) is 0 Å². The molecule has 1 aromatic carbocycles. The molecule has 0 saturated carbocycles. The van der Waals surface area contributed by atoms with Crippen LogP contribution in [-0.2, 0) is 11.3 Å². The van der Waals surface area contributed by atoms with Crippen LogP contribution < -0.4 is 11.1 Å². The van der Waals surface area contributed by atoms with Crippen LogP contribution in [0.3, 0.4) is 0 Å². The maximum atomic E-state index is 12.3. The van der Waals surface area contributed by atoms with Crippen molar-refractivity contribution in [2.45, 2.75) is 38.8 Å². The fraction of sp³-hybridized carbons (Fsp3) is 0.444. The fourth-order valence-corrected chi connectivity index (χ4v) is 3.60. The molecule has 3 rings (SSSR count). The monoisotopic (exact) mass is 416 g/mol. The Kier molecular flexibility index (Phi) is 9.54. The van der Waals surface area contributed by atoms with E-state index in [9.17, 15) is 4.79 Å². The van der Waals surface area contributed by atoms with Crippen LogP contribution in [0, 0.1) is 6.92 Å². The number of likely N-dealkylation sites (tertiary alicyclic amines) is 1. The van der Waals surface area contributed by atoms with E-state index in [1.807, 2.05) is 36.6 Å².